The van der Waals surface area contributed by atoms with Crippen LogP contribution in [0.2, 0.25) is 0 Å². The van der Waals surface area contributed by atoms with Gasteiger partial charge in [0.15, 0.2) is 0 Å². The first-order valence-electron chi connectivity index (χ1n) is 8.75. The fraction of sp³-hybridized carbons (Fsp3) is 0.700. The molecule has 4 aliphatic rings. The Labute approximate surface area is 123 Å². The van der Waals surface area contributed by atoms with Crippen molar-refractivity contribution < 1.29 is 0 Å². The van der Waals surface area contributed by atoms with Crippen molar-refractivity contribution in [1.29, 1.82) is 0 Å². The number of benzene rings is 1. The van der Waals surface area contributed by atoms with Gasteiger partial charge in [-0.25, -0.2) is 0 Å². The summed E-state index contributed by atoms with van der Waals surface area (Å²) >= 11 is 0. The lowest BCUT2D eigenvalue weighted by Gasteiger charge is -2.33. The molecule has 0 saturated heterocycles. The molecule has 4 aliphatic carbocycles. The van der Waals surface area contributed by atoms with Crippen molar-refractivity contribution in [1.82, 2.24) is 0 Å². The molecule has 0 aliphatic heterocycles. The SMILES string of the molecule is CC(C)(C)c1c2c(cc3c1[C@H]1CC[C@@H]3C1)[C@@H]1CC[C@H]2C1. The van der Waals surface area contributed by atoms with Crippen LogP contribution in [0, 0.1) is 0 Å². The second kappa shape index (κ2) is 3.51. The minimum absolute atomic E-state index is 0.338. The molecular formula is C20H26. The normalized spacial score (nSPS) is 36.5. The molecule has 1 aromatic carbocycles. The average molecular weight is 266 g/mol. The van der Waals surface area contributed by atoms with Gasteiger partial charge in [-0.2, -0.15) is 0 Å². The van der Waals surface area contributed by atoms with Crippen molar-refractivity contribution in [3.05, 3.63) is 33.9 Å². The van der Waals surface area contributed by atoms with Crippen LogP contribution in [0.15, 0.2) is 6.07 Å². The maximum Gasteiger partial charge on any atom is -0.0126 e. The van der Waals surface area contributed by atoms with E-state index in [9.17, 15) is 0 Å². The van der Waals surface area contributed by atoms with Crippen LogP contribution in [0.4, 0.5) is 0 Å². The first-order chi connectivity index (χ1) is 9.54. The zero-order chi connectivity index (χ0) is 13.6. The van der Waals surface area contributed by atoms with E-state index < -0.39 is 0 Å². The molecule has 1 aromatic rings. The molecule has 5 rings (SSSR count). The highest BCUT2D eigenvalue weighted by molar-refractivity contribution is 5.60. The quantitative estimate of drug-likeness (QED) is 0.564. The number of hydrogen-bond acceptors (Lipinski definition) is 0. The minimum Gasteiger partial charge on any atom is -0.0561 e. The van der Waals surface area contributed by atoms with E-state index in [0.717, 1.165) is 23.7 Å². The molecule has 0 nitrogen and oxygen atoms in total. The molecule has 0 heteroatoms. The molecule has 0 heterocycles. The van der Waals surface area contributed by atoms with Gasteiger partial charge in [-0.3, -0.25) is 0 Å². The Morgan fingerprint density at radius 1 is 0.750 bits per heavy atom. The van der Waals surface area contributed by atoms with Crippen molar-refractivity contribution >= 4 is 0 Å². The fourth-order valence-electron chi connectivity index (χ4n) is 6.17. The Bertz CT molecular complexity index is 557. The zero-order valence-corrected chi connectivity index (χ0v) is 13.1. The third-order valence-electron chi connectivity index (χ3n) is 6.78. The Kier molecular flexibility index (Phi) is 2.08. The summed E-state index contributed by atoms with van der Waals surface area (Å²) in [5.74, 6) is 3.66. The maximum absolute atomic E-state index is 2.69. The summed E-state index contributed by atoms with van der Waals surface area (Å²) in [6.07, 6.45) is 8.80. The van der Waals surface area contributed by atoms with Crippen LogP contribution in [0.3, 0.4) is 0 Å². The summed E-state index contributed by atoms with van der Waals surface area (Å²) in [5.41, 5.74) is 9.39. The number of hydrogen-bond donors (Lipinski definition) is 0. The summed E-state index contributed by atoms with van der Waals surface area (Å²) in [6, 6.07) is 2.69. The van der Waals surface area contributed by atoms with E-state index >= 15 is 0 Å². The monoisotopic (exact) mass is 266 g/mol. The van der Waals surface area contributed by atoms with Gasteiger partial charge in [0.25, 0.3) is 0 Å². The standard InChI is InChI=1S/C20H26/c1-20(2,3)19-17-13-6-4-11(8-13)15(17)10-16-12-5-7-14(9-12)18(16)19/h10-14H,4-9H2,1-3H3/t11-,12-,13+,14+/m1/s1. The molecule has 2 saturated carbocycles. The van der Waals surface area contributed by atoms with Gasteiger partial charge >= 0.3 is 0 Å². The van der Waals surface area contributed by atoms with Crippen molar-refractivity contribution in [2.45, 2.75) is 88.4 Å². The van der Waals surface area contributed by atoms with Crippen LogP contribution in [0.25, 0.3) is 0 Å². The van der Waals surface area contributed by atoms with Gasteiger partial charge in [-0.05, 0) is 95.4 Å². The van der Waals surface area contributed by atoms with E-state index in [-0.39, 0.29) is 0 Å². The highest BCUT2D eigenvalue weighted by Crippen LogP contribution is 2.62. The summed E-state index contributed by atoms with van der Waals surface area (Å²) in [5, 5.41) is 0. The van der Waals surface area contributed by atoms with E-state index in [1.54, 1.807) is 11.1 Å². The molecule has 0 aromatic heterocycles. The van der Waals surface area contributed by atoms with Crippen LogP contribution in [0.1, 0.15) is 111 Å². The van der Waals surface area contributed by atoms with Crippen LogP contribution >= 0.6 is 0 Å². The lowest BCUT2D eigenvalue weighted by molar-refractivity contribution is 0.550. The van der Waals surface area contributed by atoms with Gasteiger partial charge in [0.1, 0.15) is 0 Å². The third kappa shape index (κ3) is 1.29. The molecule has 20 heavy (non-hydrogen) atoms. The summed E-state index contributed by atoms with van der Waals surface area (Å²) in [4.78, 5) is 0. The van der Waals surface area contributed by atoms with Gasteiger partial charge in [-0.15, -0.1) is 0 Å². The molecule has 0 N–H and O–H groups in total. The first-order valence-corrected chi connectivity index (χ1v) is 8.75. The number of fused-ring (bicyclic) bond motifs is 10. The lowest BCUT2D eigenvalue weighted by Crippen LogP contribution is -2.21. The van der Waals surface area contributed by atoms with E-state index in [1.807, 2.05) is 16.7 Å². The van der Waals surface area contributed by atoms with Crippen molar-refractivity contribution in [2.24, 2.45) is 0 Å². The van der Waals surface area contributed by atoms with E-state index in [1.165, 1.54) is 38.5 Å². The Morgan fingerprint density at radius 3 is 1.65 bits per heavy atom. The Balaban J connectivity index is 1.85. The lowest BCUT2D eigenvalue weighted by atomic mass is 9.71. The van der Waals surface area contributed by atoms with Gasteiger partial charge in [0.2, 0.25) is 0 Å². The molecular weight excluding hydrogens is 240 g/mol. The van der Waals surface area contributed by atoms with E-state index in [4.69, 9.17) is 0 Å². The van der Waals surface area contributed by atoms with Crippen molar-refractivity contribution in [3.8, 4) is 0 Å². The van der Waals surface area contributed by atoms with E-state index in [0.29, 0.717) is 5.41 Å². The molecule has 4 bridgehead atoms. The molecule has 0 amide bonds. The van der Waals surface area contributed by atoms with Gasteiger partial charge in [0.05, 0.1) is 0 Å². The fourth-order valence-corrected chi connectivity index (χ4v) is 6.17. The van der Waals surface area contributed by atoms with Crippen molar-refractivity contribution in [2.75, 3.05) is 0 Å². The highest BCUT2D eigenvalue weighted by atomic mass is 14.5. The Morgan fingerprint density at radius 2 is 1.20 bits per heavy atom. The number of rotatable bonds is 0. The molecule has 0 spiro atoms. The largest absolute Gasteiger partial charge is 0.0561 e. The molecule has 106 valence electrons. The van der Waals surface area contributed by atoms with Crippen LogP contribution in [0.5, 0.6) is 0 Å². The first kappa shape index (κ1) is 11.8. The van der Waals surface area contributed by atoms with Crippen LogP contribution in [-0.2, 0) is 5.41 Å². The minimum atomic E-state index is 0.338. The summed E-state index contributed by atoms with van der Waals surface area (Å²) in [6.45, 7) is 7.38. The maximum atomic E-state index is 2.69. The third-order valence-corrected chi connectivity index (χ3v) is 6.78. The predicted molar refractivity (Wildman–Crippen MR) is 83.8 cm³/mol. The zero-order valence-electron chi connectivity index (χ0n) is 13.1. The highest BCUT2D eigenvalue weighted by Gasteiger charge is 2.47. The topological polar surface area (TPSA) is 0 Å². The predicted octanol–water partition coefficient (Wildman–Crippen LogP) is 5.71. The Hall–Kier alpha value is -0.780. The molecule has 4 atom stereocenters. The second-order valence-electron chi connectivity index (χ2n) is 8.92. The van der Waals surface area contributed by atoms with Crippen LogP contribution < -0.4 is 0 Å². The van der Waals surface area contributed by atoms with Crippen molar-refractivity contribution in [3.63, 3.8) is 0 Å². The average Bonchev–Trinajstić information content (AvgIpc) is 3.15. The summed E-state index contributed by atoms with van der Waals surface area (Å²) in [7, 11) is 0. The van der Waals surface area contributed by atoms with Gasteiger partial charge in [0, 0.05) is 0 Å². The molecule has 0 unspecified atom stereocenters. The van der Waals surface area contributed by atoms with Gasteiger partial charge < -0.3 is 0 Å². The summed E-state index contributed by atoms with van der Waals surface area (Å²) < 4.78 is 0. The second-order valence-corrected chi connectivity index (χ2v) is 8.92. The molecule has 2 fully saturated rings. The van der Waals surface area contributed by atoms with E-state index in [2.05, 4.69) is 26.8 Å². The van der Waals surface area contributed by atoms with Crippen LogP contribution in [-0.4, -0.2) is 0 Å². The van der Waals surface area contributed by atoms with Gasteiger partial charge in [-0.1, -0.05) is 26.8 Å². The molecule has 0 radical (unpaired) electrons. The smallest absolute Gasteiger partial charge is 0.0126 e.